The van der Waals surface area contributed by atoms with E-state index in [9.17, 15) is 19.7 Å². The standard InChI is InChI=1S/C14H14N4O4S/c1-2-6-15-14-17-13(20)11(23-14)8-12(19)16-9-4-3-5-10(7-9)18(21)22/h2-5,7,11H,1,6,8H2,(H,16,19)(H,15,17,20)/t11-/m1/s1. The molecule has 8 nitrogen and oxygen atoms in total. The van der Waals surface area contributed by atoms with E-state index in [2.05, 4.69) is 22.2 Å². The minimum Gasteiger partial charge on any atom is -0.326 e. The fourth-order valence-corrected chi connectivity index (χ4v) is 2.82. The van der Waals surface area contributed by atoms with Crippen LogP contribution in [0.1, 0.15) is 6.42 Å². The summed E-state index contributed by atoms with van der Waals surface area (Å²) in [4.78, 5) is 38.0. The van der Waals surface area contributed by atoms with Crippen LogP contribution in [0.4, 0.5) is 11.4 Å². The first-order chi connectivity index (χ1) is 11.0. The number of aliphatic imine (C=N–C) groups is 1. The monoisotopic (exact) mass is 334 g/mol. The van der Waals surface area contributed by atoms with Crippen molar-refractivity contribution in [1.82, 2.24) is 5.32 Å². The van der Waals surface area contributed by atoms with Gasteiger partial charge in [0.05, 0.1) is 11.5 Å². The van der Waals surface area contributed by atoms with Crippen LogP contribution >= 0.6 is 11.8 Å². The molecular weight excluding hydrogens is 320 g/mol. The molecule has 0 saturated carbocycles. The van der Waals surface area contributed by atoms with Crippen molar-refractivity contribution in [3.05, 3.63) is 47.0 Å². The number of carbonyl (C=O) groups excluding carboxylic acids is 2. The number of hydrogen-bond donors (Lipinski definition) is 2. The predicted octanol–water partition coefficient (Wildman–Crippen LogP) is 1.70. The number of nitro groups is 1. The molecule has 2 amide bonds. The molecular formula is C14H14N4O4S. The van der Waals surface area contributed by atoms with Crippen LogP contribution in [0.15, 0.2) is 41.9 Å². The summed E-state index contributed by atoms with van der Waals surface area (Å²) in [5.41, 5.74) is 0.197. The van der Waals surface area contributed by atoms with Crippen molar-refractivity contribution in [1.29, 1.82) is 0 Å². The molecule has 2 rings (SSSR count). The van der Waals surface area contributed by atoms with Crippen LogP contribution in [-0.4, -0.2) is 33.7 Å². The zero-order valence-corrected chi connectivity index (χ0v) is 12.8. The van der Waals surface area contributed by atoms with E-state index >= 15 is 0 Å². The molecule has 1 aromatic rings. The van der Waals surface area contributed by atoms with Crippen LogP contribution in [0.2, 0.25) is 0 Å². The molecule has 1 saturated heterocycles. The molecule has 2 N–H and O–H groups in total. The van der Waals surface area contributed by atoms with Gasteiger partial charge in [0.25, 0.3) is 5.69 Å². The normalized spacial score (nSPS) is 18.5. The molecule has 9 heteroatoms. The average molecular weight is 334 g/mol. The number of thioether (sulfide) groups is 1. The Labute approximate surface area is 136 Å². The summed E-state index contributed by atoms with van der Waals surface area (Å²) in [6.07, 6.45) is 1.55. The molecule has 1 fully saturated rings. The van der Waals surface area contributed by atoms with Gasteiger partial charge in [-0.2, -0.15) is 0 Å². The second-order valence-corrected chi connectivity index (χ2v) is 5.78. The Morgan fingerprint density at radius 3 is 3.04 bits per heavy atom. The number of nitro benzene ring substituents is 1. The number of nitrogens with one attached hydrogen (secondary N) is 2. The SMILES string of the molecule is C=CCN=C1NC(=O)[C@@H](CC(=O)Nc2cccc([N+](=O)[O-])c2)S1. The van der Waals surface area contributed by atoms with Crippen molar-refractivity contribution in [2.24, 2.45) is 4.99 Å². The number of amidine groups is 1. The summed E-state index contributed by atoms with van der Waals surface area (Å²) in [7, 11) is 0. The van der Waals surface area contributed by atoms with E-state index in [-0.39, 0.29) is 18.0 Å². The lowest BCUT2D eigenvalue weighted by atomic mass is 10.2. The maximum atomic E-state index is 12.0. The summed E-state index contributed by atoms with van der Waals surface area (Å²) < 4.78 is 0. The molecule has 0 spiro atoms. The number of non-ortho nitro benzene ring substituents is 1. The lowest BCUT2D eigenvalue weighted by Crippen LogP contribution is -2.28. The smallest absolute Gasteiger partial charge is 0.271 e. The van der Waals surface area contributed by atoms with Gasteiger partial charge >= 0.3 is 0 Å². The molecule has 120 valence electrons. The quantitative estimate of drug-likeness (QED) is 0.467. The van der Waals surface area contributed by atoms with E-state index in [0.29, 0.717) is 17.4 Å². The third-order valence-electron chi connectivity index (χ3n) is 2.85. The Balaban J connectivity index is 1.95. The topological polar surface area (TPSA) is 114 Å². The second kappa shape index (κ2) is 7.54. The zero-order chi connectivity index (χ0) is 16.8. The third kappa shape index (κ3) is 4.65. The lowest BCUT2D eigenvalue weighted by molar-refractivity contribution is -0.384. The maximum absolute atomic E-state index is 12.0. The summed E-state index contributed by atoms with van der Waals surface area (Å²) in [6, 6.07) is 5.61. The molecule has 1 heterocycles. The first kappa shape index (κ1) is 16.7. The molecule has 1 aromatic carbocycles. The Bertz CT molecular complexity index is 689. The van der Waals surface area contributed by atoms with Gasteiger partial charge in [0.2, 0.25) is 11.8 Å². The van der Waals surface area contributed by atoms with Gasteiger partial charge < -0.3 is 10.6 Å². The van der Waals surface area contributed by atoms with E-state index in [1.54, 1.807) is 12.1 Å². The molecule has 0 aromatic heterocycles. The highest BCUT2D eigenvalue weighted by Crippen LogP contribution is 2.23. The first-order valence-corrected chi connectivity index (χ1v) is 7.54. The maximum Gasteiger partial charge on any atom is 0.271 e. The van der Waals surface area contributed by atoms with Crippen molar-refractivity contribution in [3.63, 3.8) is 0 Å². The van der Waals surface area contributed by atoms with Crippen LogP contribution in [0.5, 0.6) is 0 Å². The van der Waals surface area contributed by atoms with Gasteiger partial charge in [-0.05, 0) is 6.07 Å². The number of anilines is 1. The Kier molecular flexibility index (Phi) is 5.47. The number of hydrogen-bond acceptors (Lipinski definition) is 6. The summed E-state index contributed by atoms with van der Waals surface area (Å²) in [6.45, 7) is 3.92. The van der Waals surface area contributed by atoms with Crippen molar-refractivity contribution < 1.29 is 14.5 Å². The van der Waals surface area contributed by atoms with E-state index in [1.807, 2.05) is 0 Å². The van der Waals surface area contributed by atoms with Crippen molar-refractivity contribution in [2.45, 2.75) is 11.7 Å². The van der Waals surface area contributed by atoms with Gasteiger partial charge in [0, 0.05) is 24.2 Å². The molecule has 0 radical (unpaired) electrons. The van der Waals surface area contributed by atoms with E-state index in [1.165, 1.54) is 30.0 Å². The van der Waals surface area contributed by atoms with Gasteiger partial charge in [0.1, 0.15) is 5.25 Å². The van der Waals surface area contributed by atoms with Crippen LogP contribution in [0, 0.1) is 10.1 Å². The van der Waals surface area contributed by atoms with Gasteiger partial charge in [-0.1, -0.05) is 23.9 Å². The van der Waals surface area contributed by atoms with Gasteiger partial charge in [-0.3, -0.25) is 24.7 Å². The molecule has 1 aliphatic heterocycles. The number of amides is 2. The molecule has 0 bridgehead atoms. The average Bonchev–Trinajstić information content (AvgIpc) is 2.85. The molecule has 0 unspecified atom stereocenters. The highest BCUT2D eigenvalue weighted by atomic mass is 32.2. The number of nitrogens with zero attached hydrogens (tertiary/aromatic N) is 2. The van der Waals surface area contributed by atoms with Crippen LogP contribution < -0.4 is 10.6 Å². The summed E-state index contributed by atoms with van der Waals surface area (Å²) in [5, 5.41) is 15.7. The Morgan fingerprint density at radius 2 is 2.35 bits per heavy atom. The van der Waals surface area contributed by atoms with Gasteiger partial charge in [-0.25, -0.2) is 0 Å². The predicted molar refractivity (Wildman–Crippen MR) is 88.4 cm³/mol. The number of benzene rings is 1. The fraction of sp³-hybridized carbons (Fsp3) is 0.214. The fourth-order valence-electron chi connectivity index (χ4n) is 1.84. The van der Waals surface area contributed by atoms with Gasteiger partial charge in [-0.15, -0.1) is 6.58 Å². The van der Waals surface area contributed by atoms with E-state index < -0.39 is 16.1 Å². The highest BCUT2D eigenvalue weighted by molar-refractivity contribution is 8.15. The third-order valence-corrected chi connectivity index (χ3v) is 3.97. The molecule has 1 aliphatic rings. The number of carbonyl (C=O) groups is 2. The van der Waals surface area contributed by atoms with E-state index in [4.69, 9.17) is 0 Å². The largest absolute Gasteiger partial charge is 0.326 e. The van der Waals surface area contributed by atoms with Crippen LogP contribution in [0.25, 0.3) is 0 Å². The first-order valence-electron chi connectivity index (χ1n) is 6.67. The van der Waals surface area contributed by atoms with Crippen LogP contribution in [-0.2, 0) is 9.59 Å². The minimum absolute atomic E-state index is 0.0493. The second-order valence-electron chi connectivity index (χ2n) is 4.59. The summed E-state index contributed by atoms with van der Waals surface area (Å²) in [5.74, 6) is -0.685. The molecule has 0 aliphatic carbocycles. The Morgan fingerprint density at radius 1 is 1.57 bits per heavy atom. The minimum atomic E-state index is -0.572. The Hall–Kier alpha value is -2.68. The van der Waals surface area contributed by atoms with Gasteiger partial charge in [0.15, 0.2) is 5.17 Å². The van der Waals surface area contributed by atoms with Crippen molar-refractivity contribution >= 4 is 40.1 Å². The van der Waals surface area contributed by atoms with Crippen molar-refractivity contribution in [2.75, 3.05) is 11.9 Å². The summed E-state index contributed by atoms with van der Waals surface area (Å²) >= 11 is 1.18. The zero-order valence-electron chi connectivity index (χ0n) is 12.0. The molecule has 23 heavy (non-hydrogen) atoms. The van der Waals surface area contributed by atoms with Crippen LogP contribution in [0.3, 0.4) is 0 Å². The number of rotatable bonds is 6. The van der Waals surface area contributed by atoms with E-state index in [0.717, 1.165) is 0 Å². The lowest BCUT2D eigenvalue weighted by Gasteiger charge is -2.07. The molecule has 1 atom stereocenters. The van der Waals surface area contributed by atoms with Crippen molar-refractivity contribution in [3.8, 4) is 0 Å². The highest BCUT2D eigenvalue weighted by Gasteiger charge is 2.31.